The zero-order valence-corrected chi connectivity index (χ0v) is 18.6. The number of nitrogens with one attached hydrogen (secondary N) is 1. The molecule has 7 heteroatoms. The first kappa shape index (κ1) is 22.3. The summed E-state index contributed by atoms with van der Waals surface area (Å²) in [5.74, 6) is -0.432. The number of fused-ring (bicyclic) bond motifs is 1. The molecule has 2 aromatic carbocycles. The first-order valence-corrected chi connectivity index (χ1v) is 11.5. The molecule has 0 bridgehead atoms. The van der Waals surface area contributed by atoms with Crippen LogP contribution in [0.1, 0.15) is 31.7 Å². The highest BCUT2D eigenvalue weighted by molar-refractivity contribution is 5.89. The van der Waals surface area contributed by atoms with E-state index in [4.69, 9.17) is 4.74 Å². The van der Waals surface area contributed by atoms with Crippen LogP contribution in [0.4, 0.5) is 0 Å². The third kappa shape index (κ3) is 5.10. The molecular formula is C25H31N3O4. The minimum Gasteiger partial charge on any atom is -0.466 e. The summed E-state index contributed by atoms with van der Waals surface area (Å²) in [6, 6.07) is 14.1. The van der Waals surface area contributed by atoms with Gasteiger partial charge in [0.15, 0.2) is 0 Å². The topological polar surface area (TPSA) is 78.9 Å². The van der Waals surface area contributed by atoms with Gasteiger partial charge in [-0.05, 0) is 42.2 Å². The molecule has 2 aliphatic heterocycles. The lowest BCUT2D eigenvalue weighted by Gasteiger charge is -2.37. The van der Waals surface area contributed by atoms with E-state index in [1.807, 2.05) is 12.1 Å². The summed E-state index contributed by atoms with van der Waals surface area (Å²) in [7, 11) is 0. The second kappa shape index (κ2) is 10.1. The molecule has 7 nitrogen and oxygen atoms in total. The number of amides is 2. The Hall–Kier alpha value is -2.93. The number of likely N-dealkylation sites (tertiary alicyclic amines) is 1. The van der Waals surface area contributed by atoms with Crippen molar-refractivity contribution >= 4 is 28.6 Å². The van der Waals surface area contributed by atoms with Crippen LogP contribution in [0.15, 0.2) is 42.5 Å². The monoisotopic (exact) mass is 437 g/mol. The van der Waals surface area contributed by atoms with Gasteiger partial charge >= 0.3 is 5.97 Å². The maximum Gasteiger partial charge on any atom is 0.309 e. The summed E-state index contributed by atoms with van der Waals surface area (Å²) in [6.07, 6.45) is 1.38. The first-order valence-electron chi connectivity index (χ1n) is 11.5. The number of piperidine rings is 1. The van der Waals surface area contributed by atoms with E-state index >= 15 is 0 Å². The highest BCUT2D eigenvalue weighted by atomic mass is 16.5. The van der Waals surface area contributed by atoms with E-state index in [1.165, 1.54) is 10.8 Å². The number of esters is 1. The first-order chi connectivity index (χ1) is 15.5. The fraction of sp³-hybridized carbons (Fsp3) is 0.480. The van der Waals surface area contributed by atoms with Crippen LogP contribution in [0, 0.1) is 5.92 Å². The normalized spacial score (nSPS) is 20.2. The van der Waals surface area contributed by atoms with E-state index in [2.05, 4.69) is 40.5 Å². The van der Waals surface area contributed by atoms with E-state index < -0.39 is 6.04 Å². The van der Waals surface area contributed by atoms with Gasteiger partial charge in [-0.3, -0.25) is 19.3 Å². The van der Waals surface area contributed by atoms with E-state index in [-0.39, 0.29) is 30.1 Å². The zero-order chi connectivity index (χ0) is 22.5. The molecule has 1 N–H and O–H groups in total. The Morgan fingerprint density at radius 3 is 2.56 bits per heavy atom. The maximum absolute atomic E-state index is 13.0. The molecule has 170 valence electrons. The largest absolute Gasteiger partial charge is 0.466 e. The molecule has 4 rings (SSSR count). The predicted octanol–water partition coefficient (Wildman–Crippen LogP) is 2.33. The average Bonchev–Trinajstić information content (AvgIpc) is 2.81. The fourth-order valence-corrected chi connectivity index (χ4v) is 4.66. The summed E-state index contributed by atoms with van der Waals surface area (Å²) in [5, 5.41) is 5.26. The van der Waals surface area contributed by atoms with E-state index in [0.717, 1.165) is 5.56 Å². The van der Waals surface area contributed by atoms with Crippen LogP contribution in [-0.4, -0.2) is 66.4 Å². The summed E-state index contributed by atoms with van der Waals surface area (Å²) < 4.78 is 5.11. The van der Waals surface area contributed by atoms with Crippen LogP contribution in [0.3, 0.4) is 0 Å². The second-order valence-electron chi connectivity index (χ2n) is 8.57. The summed E-state index contributed by atoms with van der Waals surface area (Å²) in [4.78, 5) is 41.5. The molecule has 0 aromatic heterocycles. The predicted molar refractivity (Wildman–Crippen MR) is 122 cm³/mol. The molecule has 0 radical (unpaired) electrons. The van der Waals surface area contributed by atoms with Crippen LogP contribution >= 0.6 is 0 Å². The van der Waals surface area contributed by atoms with Crippen molar-refractivity contribution in [3.63, 3.8) is 0 Å². The SMILES string of the molecule is CCOC(=O)C1CCN(C(=O)C[C@@H]2C(=O)NCCN2Cc2ccc3ccccc3c2)CC1. The van der Waals surface area contributed by atoms with Gasteiger partial charge < -0.3 is 15.0 Å². The Morgan fingerprint density at radius 1 is 1.06 bits per heavy atom. The summed E-state index contributed by atoms with van der Waals surface area (Å²) in [6.45, 7) is 5.16. The number of piperazine rings is 1. The molecule has 2 saturated heterocycles. The van der Waals surface area contributed by atoms with Crippen LogP contribution in [0.2, 0.25) is 0 Å². The third-order valence-electron chi connectivity index (χ3n) is 6.48. The number of hydrogen-bond donors (Lipinski definition) is 1. The molecule has 2 heterocycles. The van der Waals surface area contributed by atoms with Gasteiger partial charge in [-0.2, -0.15) is 0 Å². The van der Waals surface area contributed by atoms with Crippen molar-refractivity contribution in [2.75, 3.05) is 32.8 Å². The molecule has 2 aromatic rings. The molecule has 32 heavy (non-hydrogen) atoms. The highest BCUT2D eigenvalue weighted by Gasteiger charge is 2.34. The van der Waals surface area contributed by atoms with Crippen molar-refractivity contribution in [2.45, 2.75) is 38.8 Å². The van der Waals surface area contributed by atoms with Gasteiger partial charge in [-0.1, -0.05) is 36.4 Å². The number of carbonyl (C=O) groups is 3. The van der Waals surface area contributed by atoms with Gasteiger partial charge in [-0.15, -0.1) is 0 Å². The Morgan fingerprint density at radius 2 is 1.81 bits per heavy atom. The van der Waals surface area contributed by atoms with Gasteiger partial charge in [0.2, 0.25) is 11.8 Å². The Balaban J connectivity index is 1.38. The number of benzene rings is 2. The molecule has 2 aliphatic rings. The molecule has 2 amide bonds. The van der Waals surface area contributed by atoms with Crippen LogP contribution in [0.5, 0.6) is 0 Å². The average molecular weight is 438 g/mol. The van der Waals surface area contributed by atoms with E-state index in [0.29, 0.717) is 52.2 Å². The van der Waals surface area contributed by atoms with Crippen molar-refractivity contribution in [1.29, 1.82) is 0 Å². The Labute approximate surface area is 188 Å². The zero-order valence-electron chi connectivity index (χ0n) is 18.6. The number of rotatable bonds is 6. The fourth-order valence-electron chi connectivity index (χ4n) is 4.66. The van der Waals surface area contributed by atoms with Gasteiger partial charge in [0.05, 0.1) is 25.0 Å². The van der Waals surface area contributed by atoms with Gasteiger partial charge in [-0.25, -0.2) is 0 Å². The van der Waals surface area contributed by atoms with Gasteiger partial charge in [0, 0.05) is 32.7 Å². The molecule has 0 saturated carbocycles. The van der Waals surface area contributed by atoms with Crippen molar-refractivity contribution in [3.05, 3.63) is 48.0 Å². The van der Waals surface area contributed by atoms with E-state index in [1.54, 1.807) is 11.8 Å². The number of nitrogens with zero attached hydrogens (tertiary/aromatic N) is 2. The quantitative estimate of drug-likeness (QED) is 0.702. The third-order valence-corrected chi connectivity index (χ3v) is 6.48. The lowest BCUT2D eigenvalue weighted by atomic mass is 9.96. The Bertz CT molecular complexity index is 984. The minimum atomic E-state index is -0.481. The van der Waals surface area contributed by atoms with Crippen LogP contribution < -0.4 is 5.32 Å². The lowest BCUT2D eigenvalue weighted by Crippen LogP contribution is -2.56. The smallest absolute Gasteiger partial charge is 0.309 e. The molecule has 0 spiro atoms. The van der Waals surface area contributed by atoms with Crippen molar-refractivity contribution < 1.29 is 19.1 Å². The highest BCUT2D eigenvalue weighted by Crippen LogP contribution is 2.22. The van der Waals surface area contributed by atoms with Crippen molar-refractivity contribution in [2.24, 2.45) is 5.92 Å². The molecule has 2 fully saturated rings. The molecule has 0 aliphatic carbocycles. The summed E-state index contributed by atoms with van der Waals surface area (Å²) in [5.41, 5.74) is 1.13. The maximum atomic E-state index is 13.0. The van der Waals surface area contributed by atoms with Crippen LogP contribution in [-0.2, 0) is 25.7 Å². The van der Waals surface area contributed by atoms with E-state index in [9.17, 15) is 14.4 Å². The molecule has 0 unspecified atom stereocenters. The lowest BCUT2D eigenvalue weighted by molar-refractivity contribution is -0.151. The molecule has 1 atom stereocenters. The summed E-state index contributed by atoms with van der Waals surface area (Å²) >= 11 is 0. The minimum absolute atomic E-state index is 0.0297. The number of ether oxygens (including phenoxy) is 1. The van der Waals surface area contributed by atoms with Crippen molar-refractivity contribution in [1.82, 2.24) is 15.1 Å². The standard InChI is InChI=1S/C25H31N3O4/c1-2-32-25(31)20-9-12-27(13-10-20)23(29)16-22-24(30)26-11-14-28(22)17-18-7-8-19-5-3-4-6-21(19)15-18/h3-8,15,20,22H,2,9-14,16-17H2,1H3,(H,26,30)/t22-/m1/s1. The number of hydrogen-bond acceptors (Lipinski definition) is 5. The van der Waals surface area contributed by atoms with Crippen molar-refractivity contribution in [3.8, 4) is 0 Å². The number of carbonyl (C=O) groups excluding carboxylic acids is 3. The Kier molecular flexibility index (Phi) is 7.05. The van der Waals surface area contributed by atoms with Gasteiger partial charge in [0.25, 0.3) is 0 Å². The second-order valence-corrected chi connectivity index (χ2v) is 8.57. The molecular weight excluding hydrogens is 406 g/mol. The van der Waals surface area contributed by atoms with Crippen LogP contribution in [0.25, 0.3) is 10.8 Å². The van der Waals surface area contributed by atoms with Gasteiger partial charge in [0.1, 0.15) is 0 Å².